The standard InChI is InChI=1S/C37H38N6O7S/c44-22-24-10-12-26(13-11-24)33-20-32(23-51-37-39-41-42-43(37)30-14-16-31(45)17-15-30)49-36(50-33)29-7-2-6-28(19-29)27-5-1-4-25(18-27)21-38-34(46)8-3-9-35(47)40-48/h1-2,4-7,10-19,32-33,36,44-45,48H,3,8-9,20-23H2,(H,38,46)(H,40,47)/t32-,33+,36+/m1/s1. The summed E-state index contributed by atoms with van der Waals surface area (Å²) in [5, 5.41) is 43.6. The third-order valence-electron chi connectivity index (χ3n) is 8.39. The first-order valence-corrected chi connectivity index (χ1v) is 17.5. The topological polar surface area (TPSA) is 181 Å². The molecule has 1 saturated heterocycles. The van der Waals surface area contributed by atoms with E-state index in [0.717, 1.165) is 39.1 Å². The summed E-state index contributed by atoms with van der Waals surface area (Å²) in [5.74, 6) is 0.00568. The molecule has 4 aromatic carbocycles. The third kappa shape index (κ3) is 9.57. The van der Waals surface area contributed by atoms with E-state index in [0.29, 0.717) is 30.3 Å². The number of aromatic hydroxyl groups is 1. The Labute approximate surface area is 298 Å². The number of nitrogens with one attached hydrogen (secondary N) is 2. The number of hydroxylamine groups is 1. The van der Waals surface area contributed by atoms with Crippen LogP contribution in [-0.2, 0) is 32.2 Å². The zero-order valence-electron chi connectivity index (χ0n) is 27.6. The summed E-state index contributed by atoms with van der Waals surface area (Å²) in [4.78, 5) is 23.5. The molecule has 1 fully saturated rings. The summed E-state index contributed by atoms with van der Waals surface area (Å²) in [6.45, 7) is 0.290. The molecule has 0 saturated carbocycles. The molecule has 2 heterocycles. The Morgan fingerprint density at radius 3 is 2.37 bits per heavy atom. The minimum absolute atomic E-state index is 0.0432. The van der Waals surface area contributed by atoms with Gasteiger partial charge in [-0.3, -0.25) is 14.8 Å². The van der Waals surface area contributed by atoms with Crippen LogP contribution in [0.5, 0.6) is 5.75 Å². The summed E-state index contributed by atoms with van der Waals surface area (Å²) in [7, 11) is 0. The number of nitrogens with zero attached hydrogens (tertiary/aromatic N) is 4. The van der Waals surface area contributed by atoms with E-state index >= 15 is 0 Å². The Kier molecular flexibility index (Phi) is 12.0. The van der Waals surface area contributed by atoms with Crippen LogP contribution in [0.25, 0.3) is 16.8 Å². The van der Waals surface area contributed by atoms with Crippen molar-refractivity contribution in [2.45, 2.75) is 62.5 Å². The van der Waals surface area contributed by atoms with Crippen LogP contribution in [-0.4, -0.2) is 59.3 Å². The molecular weight excluding hydrogens is 673 g/mol. The van der Waals surface area contributed by atoms with Gasteiger partial charge >= 0.3 is 0 Å². The van der Waals surface area contributed by atoms with Gasteiger partial charge in [0.05, 0.1) is 24.5 Å². The lowest BCUT2D eigenvalue weighted by atomic mass is 9.99. The van der Waals surface area contributed by atoms with E-state index in [1.807, 2.05) is 72.8 Å². The molecule has 5 aromatic rings. The van der Waals surface area contributed by atoms with Gasteiger partial charge in [-0.15, -0.1) is 5.10 Å². The van der Waals surface area contributed by atoms with E-state index in [9.17, 15) is 19.8 Å². The van der Waals surface area contributed by atoms with E-state index in [-0.39, 0.29) is 43.3 Å². The molecule has 3 atom stereocenters. The van der Waals surface area contributed by atoms with Crippen LogP contribution in [0.1, 0.15) is 60.3 Å². The lowest BCUT2D eigenvalue weighted by Gasteiger charge is -2.36. The van der Waals surface area contributed by atoms with Crippen molar-refractivity contribution in [3.63, 3.8) is 0 Å². The molecule has 5 N–H and O–H groups in total. The predicted molar refractivity (Wildman–Crippen MR) is 187 cm³/mol. The average Bonchev–Trinajstić information content (AvgIpc) is 3.65. The Morgan fingerprint density at radius 1 is 0.863 bits per heavy atom. The second kappa shape index (κ2) is 17.2. The van der Waals surface area contributed by atoms with Gasteiger partial charge in [0, 0.05) is 37.1 Å². The Morgan fingerprint density at radius 2 is 1.61 bits per heavy atom. The molecule has 1 aliphatic rings. The molecule has 51 heavy (non-hydrogen) atoms. The number of rotatable bonds is 14. The van der Waals surface area contributed by atoms with Gasteiger partial charge in [-0.2, -0.15) is 4.68 Å². The van der Waals surface area contributed by atoms with Crippen molar-refractivity contribution < 1.29 is 34.5 Å². The van der Waals surface area contributed by atoms with Gasteiger partial charge in [0.15, 0.2) is 6.29 Å². The highest BCUT2D eigenvalue weighted by Crippen LogP contribution is 2.40. The van der Waals surface area contributed by atoms with Gasteiger partial charge in [0.2, 0.25) is 17.0 Å². The van der Waals surface area contributed by atoms with Crippen molar-refractivity contribution >= 4 is 23.6 Å². The summed E-state index contributed by atoms with van der Waals surface area (Å²) >= 11 is 1.47. The number of phenols is 1. The van der Waals surface area contributed by atoms with Crippen LogP contribution in [0.15, 0.2) is 102 Å². The number of aromatic nitrogens is 4. The maximum Gasteiger partial charge on any atom is 0.243 e. The monoisotopic (exact) mass is 710 g/mol. The number of hydrogen-bond acceptors (Lipinski definition) is 11. The molecule has 1 aliphatic heterocycles. The molecule has 264 valence electrons. The molecule has 0 unspecified atom stereocenters. The largest absolute Gasteiger partial charge is 0.508 e. The Hall–Kier alpha value is -5.12. The average molecular weight is 711 g/mol. The number of benzene rings is 4. The minimum Gasteiger partial charge on any atom is -0.508 e. The maximum absolute atomic E-state index is 12.3. The predicted octanol–water partition coefficient (Wildman–Crippen LogP) is 5.16. The third-order valence-corrected chi connectivity index (χ3v) is 9.44. The molecule has 2 amide bonds. The zero-order valence-corrected chi connectivity index (χ0v) is 28.4. The number of tetrazole rings is 1. The number of carbonyl (C=O) groups excluding carboxylic acids is 2. The van der Waals surface area contributed by atoms with Crippen LogP contribution in [0, 0.1) is 0 Å². The number of thioether (sulfide) groups is 1. The number of aliphatic hydroxyl groups excluding tert-OH is 1. The van der Waals surface area contributed by atoms with Gasteiger partial charge < -0.3 is 25.0 Å². The second-order valence-electron chi connectivity index (χ2n) is 12.0. The van der Waals surface area contributed by atoms with Crippen molar-refractivity contribution in [1.29, 1.82) is 0 Å². The van der Waals surface area contributed by atoms with Crippen LogP contribution in [0.3, 0.4) is 0 Å². The highest BCUT2D eigenvalue weighted by molar-refractivity contribution is 7.99. The first-order chi connectivity index (χ1) is 24.9. The Bertz CT molecular complexity index is 1920. The highest BCUT2D eigenvalue weighted by atomic mass is 32.2. The lowest BCUT2D eigenvalue weighted by Crippen LogP contribution is -2.31. The molecule has 0 bridgehead atoms. The summed E-state index contributed by atoms with van der Waals surface area (Å²) in [5.41, 5.74) is 7.77. The molecule has 1 aromatic heterocycles. The quantitative estimate of drug-likeness (QED) is 0.0584. The molecule has 0 radical (unpaired) electrons. The summed E-state index contributed by atoms with van der Waals surface area (Å²) in [6.07, 6.45) is 0.00246. The van der Waals surface area contributed by atoms with Crippen molar-refractivity contribution in [1.82, 2.24) is 31.0 Å². The van der Waals surface area contributed by atoms with Crippen LogP contribution in [0.2, 0.25) is 0 Å². The second-order valence-corrected chi connectivity index (χ2v) is 13.0. The fourth-order valence-electron chi connectivity index (χ4n) is 5.70. The number of amides is 2. The van der Waals surface area contributed by atoms with Gasteiger partial charge in [-0.25, -0.2) is 5.48 Å². The molecular formula is C37H38N6O7S. The first kappa shape index (κ1) is 35.7. The van der Waals surface area contributed by atoms with E-state index in [4.69, 9.17) is 14.7 Å². The smallest absolute Gasteiger partial charge is 0.243 e. The van der Waals surface area contributed by atoms with Crippen molar-refractivity contribution in [3.05, 3.63) is 119 Å². The normalized spacial score (nSPS) is 17.2. The van der Waals surface area contributed by atoms with Gasteiger partial charge in [-0.05, 0) is 81.1 Å². The number of ether oxygens (including phenoxy) is 2. The molecule has 0 aliphatic carbocycles. The fourth-order valence-corrected chi connectivity index (χ4v) is 6.60. The zero-order chi connectivity index (χ0) is 35.6. The first-order valence-electron chi connectivity index (χ1n) is 16.5. The van der Waals surface area contributed by atoms with Crippen LogP contribution >= 0.6 is 11.8 Å². The van der Waals surface area contributed by atoms with Gasteiger partial charge in [0.25, 0.3) is 0 Å². The lowest BCUT2D eigenvalue weighted by molar-refractivity contribution is -0.245. The van der Waals surface area contributed by atoms with Crippen molar-refractivity contribution in [2.75, 3.05) is 5.75 Å². The van der Waals surface area contributed by atoms with Crippen LogP contribution < -0.4 is 10.8 Å². The summed E-state index contributed by atoms with van der Waals surface area (Å²) in [6, 6.07) is 30.3. The minimum atomic E-state index is -0.671. The van der Waals surface area contributed by atoms with E-state index in [2.05, 4.69) is 20.8 Å². The number of hydrogen-bond donors (Lipinski definition) is 5. The number of phenolic OH excluding ortho intramolecular Hbond substituents is 1. The van der Waals surface area contributed by atoms with Crippen molar-refractivity contribution in [2.24, 2.45) is 0 Å². The van der Waals surface area contributed by atoms with Crippen LogP contribution in [0.4, 0.5) is 0 Å². The fraction of sp³-hybridized carbons (Fsp3) is 0.270. The van der Waals surface area contributed by atoms with Gasteiger partial charge in [-0.1, -0.05) is 72.4 Å². The van der Waals surface area contributed by atoms with E-state index in [1.165, 1.54) is 11.8 Å². The van der Waals surface area contributed by atoms with Crippen molar-refractivity contribution in [3.8, 4) is 22.6 Å². The highest BCUT2D eigenvalue weighted by Gasteiger charge is 2.33. The number of carbonyl (C=O) groups is 2. The SMILES string of the molecule is O=C(CCCC(=O)NCc1cccc(-c2cccc([C@H]3O[C@@H](CSc4nnnn4-c4ccc(O)cc4)C[C@@H](c4ccc(CO)cc4)O3)c2)c1)NO. The molecule has 0 spiro atoms. The molecule has 14 heteroatoms. The van der Waals surface area contributed by atoms with Gasteiger partial charge in [0.1, 0.15) is 5.75 Å². The van der Waals surface area contributed by atoms with E-state index < -0.39 is 12.2 Å². The Balaban J connectivity index is 1.17. The molecule has 13 nitrogen and oxygen atoms in total. The number of aliphatic hydroxyl groups is 1. The maximum atomic E-state index is 12.3. The molecule has 6 rings (SSSR count). The summed E-state index contributed by atoms with van der Waals surface area (Å²) < 4.78 is 14.8. The van der Waals surface area contributed by atoms with E-state index in [1.54, 1.807) is 34.4 Å².